The Hall–Kier alpha value is -0.890. The molecule has 2 aliphatic heterocycles. The molecule has 2 rings (SSSR count). The SMILES string of the molecule is C[C@@H]1CC=CC(C2=CCN(C)C2)=N1. The molecule has 0 unspecified atom stereocenters. The molecule has 0 aliphatic carbocycles. The lowest BCUT2D eigenvalue weighted by Gasteiger charge is -2.13. The Morgan fingerprint density at radius 1 is 1.54 bits per heavy atom. The fraction of sp³-hybridized carbons (Fsp3) is 0.545. The third-order valence-electron chi connectivity index (χ3n) is 2.53. The number of allylic oxidation sites excluding steroid dienone is 1. The van der Waals surface area contributed by atoms with Crippen molar-refractivity contribution >= 4 is 5.71 Å². The van der Waals surface area contributed by atoms with Crippen LogP contribution in [0.4, 0.5) is 0 Å². The molecule has 0 saturated carbocycles. The number of rotatable bonds is 1. The highest BCUT2D eigenvalue weighted by Crippen LogP contribution is 2.15. The lowest BCUT2D eigenvalue weighted by molar-refractivity contribution is 0.432. The van der Waals surface area contributed by atoms with Crippen LogP contribution in [-0.4, -0.2) is 36.8 Å². The van der Waals surface area contributed by atoms with Gasteiger partial charge >= 0.3 is 0 Å². The topological polar surface area (TPSA) is 15.6 Å². The molecule has 0 aromatic heterocycles. The summed E-state index contributed by atoms with van der Waals surface area (Å²) in [4.78, 5) is 6.93. The second-order valence-corrected chi connectivity index (χ2v) is 3.93. The van der Waals surface area contributed by atoms with Gasteiger partial charge in [-0.2, -0.15) is 0 Å². The van der Waals surface area contributed by atoms with Gasteiger partial charge in [-0.25, -0.2) is 0 Å². The average Bonchev–Trinajstić information content (AvgIpc) is 2.52. The Labute approximate surface area is 79.7 Å². The molecule has 0 bridgehead atoms. The highest BCUT2D eigenvalue weighted by Gasteiger charge is 2.15. The minimum Gasteiger partial charge on any atom is -0.298 e. The zero-order chi connectivity index (χ0) is 9.26. The Morgan fingerprint density at radius 2 is 2.38 bits per heavy atom. The van der Waals surface area contributed by atoms with Crippen molar-refractivity contribution in [1.29, 1.82) is 0 Å². The van der Waals surface area contributed by atoms with Gasteiger partial charge in [-0.05, 0) is 32.0 Å². The molecule has 2 nitrogen and oxygen atoms in total. The molecule has 1 atom stereocenters. The van der Waals surface area contributed by atoms with Crippen molar-refractivity contribution in [3.05, 3.63) is 23.8 Å². The lowest BCUT2D eigenvalue weighted by Crippen LogP contribution is -2.17. The second kappa shape index (κ2) is 3.46. The molecule has 2 heterocycles. The van der Waals surface area contributed by atoms with E-state index in [9.17, 15) is 0 Å². The number of dihydropyridines is 1. The third kappa shape index (κ3) is 1.89. The molecule has 0 radical (unpaired) electrons. The first-order valence-electron chi connectivity index (χ1n) is 4.88. The maximum absolute atomic E-state index is 4.63. The van der Waals surface area contributed by atoms with Crippen molar-refractivity contribution in [3.8, 4) is 0 Å². The van der Waals surface area contributed by atoms with Gasteiger partial charge in [0.2, 0.25) is 0 Å². The monoisotopic (exact) mass is 176 g/mol. The van der Waals surface area contributed by atoms with E-state index in [4.69, 9.17) is 0 Å². The van der Waals surface area contributed by atoms with Gasteiger partial charge in [0.05, 0.1) is 11.8 Å². The van der Waals surface area contributed by atoms with Crippen molar-refractivity contribution in [3.63, 3.8) is 0 Å². The summed E-state index contributed by atoms with van der Waals surface area (Å²) < 4.78 is 0. The van der Waals surface area contributed by atoms with Crippen LogP contribution in [0, 0.1) is 0 Å². The molecule has 0 saturated heterocycles. The summed E-state index contributed by atoms with van der Waals surface area (Å²) in [5.74, 6) is 0. The van der Waals surface area contributed by atoms with Crippen LogP contribution < -0.4 is 0 Å². The van der Waals surface area contributed by atoms with Gasteiger partial charge in [-0.3, -0.25) is 9.89 Å². The Bertz CT molecular complexity index is 286. The molecule has 0 spiro atoms. The zero-order valence-corrected chi connectivity index (χ0v) is 8.33. The van der Waals surface area contributed by atoms with E-state index < -0.39 is 0 Å². The van der Waals surface area contributed by atoms with Crippen LogP contribution in [0.3, 0.4) is 0 Å². The number of hydrogen-bond donors (Lipinski definition) is 0. The van der Waals surface area contributed by atoms with Crippen LogP contribution in [0.5, 0.6) is 0 Å². The summed E-state index contributed by atoms with van der Waals surface area (Å²) in [6, 6.07) is 0.465. The van der Waals surface area contributed by atoms with Gasteiger partial charge in [-0.15, -0.1) is 0 Å². The van der Waals surface area contributed by atoms with Crippen molar-refractivity contribution in [2.75, 3.05) is 20.1 Å². The first-order chi connectivity index (χ1) is 6.25. The molecule has 13 heavy (non-hydrogen) atoms. The minimum atomic E-state index is 0.465. The maximum atomic E-state index is 4.63. The molecule has 70 valence electrons. The van der Waals surface area contributed by atoms with Gasteiger partial charge in [-0.1, -0.05) is 12.2 Å². The van der Waals surface area contributed by atoms with E-state index >= 15 is 0 Å². The molecule has 0 N–H and O–H groups in total. The van der Waals surface area contributed by atoms with Crippen molar-refractivity contribution in [2.45, 2.75) is 19.4 Å². The highest BCUT2D eigenvalue weighted by molar-refractivity contribution is 6.09. The molecule has 0 aromatic rings. The quantitative estimate of drug-likeness (QED) is 0.593. The van der Waals surface area contributed by atoms with E-state index in [1.807, 2.05) is 0 Å². The fourth-order valence-corrected chi connectivity index (χ4v) is 1.77. The summed E-state index contributed by atoms with van der Waals surface area (Å²) in [6.07, 6.45) is 7.75. The average molecular weight is 176 g/mol. The molecule has 0 aromatic carbocycles. The van der Waals surface area contributed by atoms with E-state index in [0.29, 0.717) is 6.04 Å². The van der Waals surface area contributed by atoms with Gasteiger partial charge in [0, 0.05) is 13.1 Å². The molecule has 0 amide bonds. The smallest absolute Gasteiger partial charge is 0.0616 e. The van der Waals surface area contributed by atoms with Crippen LogP contribution >= 0.6 is 0 Å². The summed E-state index contributed by atoms with van der Waals surface area (Å²) in [5.41, 5.74) is 2.59. The first kappa shape index (κ1) is 8.70. The van der Waals surface area contributed by atoms with Gasteiger partial charge in [0.1, 0.15) is 0 Å². The first-order valence-corrected chi connectivity index (χ1v) is 4.88. The predicted molar refractivity (Wildman–Crippen MR) is 56.2 cm³/mol. The van der Waals surface area contributed by atoms with Gasteiger partial charge < -0.3 is 0 Å². The van der Waals surface area contributed by atoms with E-state index in [0.717, 1.165) is 19.5 Å². The van der Waals surface area contributed by atoms with E-state index in [2.05, 4.69) is 42.1 Å². The summed E-state index contributed by atoms with van der Waals surface area (Å²) >= 11 is 0. The molecule has 0 fully saturated rings. The van der Waals surface area contributed by atoms with Crippen LogP contribution in [-0.2, 0) is 0 Å². The molecule has 2 aliphatic rings. The summed E-state index contributed by atoms with van der Waals surface area (Å²) in [5, 5.41) is 0. The Morgan fingerprint density at radius 3 is 3.00 bits per heavy atom. The largest absolute Gasteiger partial charge is 0.298 e. The number of hydrogen-bond acceptors (Lipinski definition) is 2. The van der Waals surface area contributed by atoms with Gasteiger partial charge in [0.25, 0.3) is 0 Å². The van der Waals surface area contributed by atoms with Crippen LogP contribution in [0.1, 0.15) is 13.3 Å². The van der Waals surface area contributed by atoms with E-state index in [1.165, 1.54) is 11.3 Å². The van der Waals surface area contributed by atoms with Crippen LogP contribution in [0.15, 0.2) is 28.8 Å². The normalized spacial score (nSPS) is 28.9. The highest BCUT2D eigenvalue weighted by atomic mass is 15.1. The third-order valence-corrected chi connectivity index (χ3v) is 2.53. The number of aliphatic imine (C=N–C) groups is 1. The molecular formula is C11H16N2. The van der Waals surface area contributed by atoms with E-state index in [1.54, 1.807) is 0 Å². The standard InChI is InChI=1S/C11H16N2/c1-9-4-3-5-11(12-9)10-6-7-13(2)8-10/h3,5-6,9H,4,7-8H2,1-2H3/t9-/m1/s1. The number of nitrogens with zero attached hydrogens (tertiary/aromatic N) is 2. The maximum Gasteiger partial charge on any atom is 0.0616 e. The van der Waals surface area contributed by atoms with Crippen molar-refractivity contribution in [2.24, 2.45) is 4.99 Å². The van der Waals surface area contributed by atoms with Crippen molar-refractivity contribution < 1.29 is 0 Å². The van der Waals surface area contributed by atoms with Crippen LogP contribution in [0.25, 0.3) is 0 Å². The van der Waals surface area contributed by atoms with Crippen molar-refractivity contribution in [1.82, 2.24) is 4.90 Å². The lowest BCUT2D eigenvalue weighted by atomic mass is 10.1. The number of likely N-dealkylation sites (N-methyl/N-ethyl adjacent to an activating group) is 1. The Kier molecular flexibility index (Phi) is 2.32. The fourth-order valence-electron chi connectivity index (χ4n) is 1.77. The van der Waals surface area contributed by atoms with E-state index in [-0.39, 0.29) is 0 Å². The molecule has 2 heteroatoms. The van der Waals surface area contributed by atoms with Gasteiger partial charge in [0.15, 0.2) is 0 Å². The summed E-state index contributed by atoms with van der Waals surface area (Å²) in [7, 11) is 2.14. The van der Waals surface area contributed by atoms with Crippen LogP contribution in [0.2, 0.25) is 0 Å². The minimum absolute atomic E-state index is 0.465. The summed E-state index contributed by atoms with van der Waals surface area (Å²) in [6.45, 7) is 4.29. The predicted octanol–water partition coefficient (Wildman–Crippen LogP) is 1.65. The zero-order valence-electron chi connectivity index (χ0n) is 8.33. The second-order valence-electron chi connectivity index (χ2n) is 3.93. The Balaban J connectivity index is 2.13. The molecular weight excluding hydrogens is 160 g/mol.